The smallest absolute Gasteiger partial charge is 0.231 e. The molecule has 7 nitrogen and oxygen atoms in total. The summed E-state index contributed by atoms with van der Waals surface area (Å²) in [6.45, 7) is 4.87. The molecule has 0 unspecified atom stereocenters. The highest BCUT2D eigenvalue weighted by Crippen LogP contribution is 2.32. The van der Waals surface area contributed by atoms with Gasteiger partial charge in [-0.1, -0.05) is 6.07 Å². The molecule has 1 aliphatic heterocycles. The van der Waals surface area contributed by atoms with Gasteiger partial charge in [-0.2, -0.15) is 4.98 Å². The molecule has 2 N–H and O–H groups in total. The van der Waals surface area contributed by atoms with E-state index >= 15 is 0 Å². The summed E-state index contributed by atoms with van der Waals surface area (Å²) in [6, 6.07) is 15.5. The topological polar surface area (TPSA) is 77.5 Å². The summed E-state index contributed by atoms with van der Waals surface area (Å²) in [7, 11) is 0. The van der Waals surface area contributed by atoms with Crippen LogP contribution in [0.15, 0.2) is 54.7 Å². The molecule has 0 aliphatic carbocycles. The summed E-state index contributed by atoms with van der Waals surface area (Å²) in [4.78, 5) is 8.78. The van der Waals surface area contributed by atoms with Crippen LogP contribution in [0.25, 0.3) is 0 Å². The predicted octanol–water partition coefficient (Wildman–Crippen LogP) is 4.35. The third-order valence-corrected chi connectivity index (χ3v) is 4.04. The average Bonchev–Trinajstić information content (AvgIpc) is 3.16. The fourth-order valence-electron chi connectivity index (χ4n) is 2.78. The number of nitrogens with zero attached hydrogens (tertiary/aromatic N) is 2. The minimum Gasteiger partial charge on any atom is -0.491 e. The SMILES string of the molecule is CC(C)Oc1ccc(Nc2ccnc(NCc3ccc4c(c3)OCO4)n2)cc1. The predicted molar refractivity (Wildman–Crippen MR) is 107 cm³/mol. The number of anilines is 3. The lowest BCUT2D eigenvalue weighted by atomic mass is 10.2. The maximum absolute atomic E-state index is 5.66. The fraction of sp³-hybridized carbons (Fsp3) is 0.238. The van der Waals surface area contributed by atoms with E-state index in [-0.39, 0.29) is 12.9 Å². The number of nitrogens with one attached hydrogen (secondary N) is 2. The molecule has 4 rings (SSSR count). The summed E-state index contributed by atoms with van der Waals surface area (Å²) in [5, 5.41) is 6.50. The van der Waals surface area contributed by atoms with Crippen LogP contribution in [-0.2, 0) is 6.54 Å². The monoisotopic (exact) mass is 378 g/mol. The van der Waals surface area contributed by atoms with Gasteiger partial charge in [0, 0.05) is 18.4 Å². The van der Waals surface area contributed by atoms with Gasteiger partial charge in [-0.3, -0.25) is 0 Å². The van der Waals surface area contributed by atoms with Crippen LogP contribution in [0.1, 0.15) is 19.4 Å². The molecular formula is C21H22N4O3. The van der Waals surface area contributed by atoms with Crippen molar-refractivity contribution in [3.63, 3.8) is 0 Å². The number of hydrogen-bond acceptors (Lipinski definition) is 7. The highest BCUT2D eigenvalue weighted by Gasteiger charge is 2.13. The molecule has 0 saturated heterocycles. The van der Waals surface area contributed by atoms with Crippen molar-refractivity contribution in [2.45, 2.75) is 26.5 Å². The summed E-state index contributed by atoms with van der Waals surface area (Å²) in [5.74, 6) is 3.63. The fourth-order valence-corrected chi connectivity index (χ4v) is 2.78. The maximum atomic E-state index is 5.66. The van der Waals surface area contributed by atoms with E-state index in [0.717, 1.165) is 28.5 Å². The Hall–Kier alpha value is -3.48. The number of benzene rings is 2. The standard InChI is InChI=1S/C21H22N4O3/c1-14(2)28-17-6-4-16(5-7-17)24-20-9-10-22-21(25-20)23-12-15-3-8-18-19(11-15)27-13-26-18/h3-11,14H,12-13H2,1-2H3,(H2,22,23,24,25). The van der Waals surface area contributed by atoms with Gasteiger partial charge in [-0.25, -0.2) is 4.98 Å². The molecule has 144 valence electrons. The van der Waals surface area contributed by atoms with Gasteiger partial charge in [0.15, 0.2) is 11.5 Å². The second-order valence-corrected chi connectivity index (χ2v) is 6.62. The van der Waals surface area contributed by atoms with Gasteiger partial charge < -0.3 is 24.8 Å². The van der Waals surface area contributed by atoms with Gasteiger partial charge in [0.1, 0.15) is 11.6 Å². The van der Waals surface area contributed by atoms with Crippen molar-refractivity contribution in [3.8, 4) is 17.2 Å². The van der Waals surface area contributed by atoms with E-state index in [1.807, 2.05) is 62.4 Å². The van der Waals surface area contributed by atoms with Crippen molar-refractivity contribution < 1.29 is 14.2 Å². The van der Waals surface area contributed by atoms with E-state index in [9.17, 15) is 0 Å². The van der Waals surface area contributed by atoms with Crippen molar-refractivity contribution in [2.75, 3.05) is 17.4 Å². The first-order chi connectivity index (χ1) is 13.7. The van der Waals surface area contributed by atoms with Crippen LogP contribution in [0, 0.1) is 0 Å². The molecule has 0 radical (unpaired) electrons. The lowest BCUT2D eigenvalue weighted by molar-refractivity contribution is 0.174. The van der Waals surface area contributed by atoms with Crippen molar-refractivity contribution in [1.82, 2.24) is 9.97 Å². The van der Waals surface area contributed by atoms with Gasteiger partial charge in [0.25, 0.3) is 0 Å². The lowest BCUT2D eigenvalue weighted by Crippen LogP contribution is -2.06. The number of fused-ring (bicyclic) bond motifs is 1. The van der Waals surface area contributed by atoms with Crippen LogP contribution in [0.2, 0.25) is 0 Å². The minimum atomic E-state index is 0.152. The summed E-state index contributed by atoms with van der Waals surface area (Å²) >= 11 is 0. The van der Waals surface area contributed by atoms with Gasteiger partial charge in [-0.15, -0.1) is 0 Å². The molecule has 0 atom stereocenters. The van der Waals surface area contributed by atoms with Crippen molar-refractivity contribution in [1.29, 1.82) is 0 Å². The molecule has 28 heavy (non-hydrogen) atoms. The maximum Gasteiger partial charge on any atom is 0.231 e. The first kappa shape index (κ1) is 17.9. The Morgan fingerprint density at radius 1 is 1.04 bits per heavy atom. The highest BCUT2D eigenvalue weighted by atomic mass is 16.7. The molecule has 1 aliphatic rings. The number of ether oxygens (including phenoxy) is 3. The lowest BCUT2D eigenvalue weighted by Gasteiger charge is -2.11. The zero-order valence-corrected chi connectivity index (χ0v) is 15.8. The van der Waals surface area contributed by atoms with Gasteiger partial charge in [-0.05, 0) is 61.9 Å². The van der Waals surface area contributed by atoms with Crippen LogP contribution in [0.3, 0.4) is 0 Å². The molecule has 7 heteroatoms. The van der Waals surface area contributed by atoms with E-state index in [1.165, 1.54) is 0 Å². The quantitative estimate of drug-likeness (QED) is 0.633. The Balaban J connectivity index is 1.37. The van der Waals surface area contributed by atoms with Crippen LogP contribution in [0.5, 0.6) is 17.2 Å². The van der Waals surface area contributed by atoms with Crippen LogP contribution >= 0.6 is 0 Å². The van der Waals surface area contributed by atoms with E-state index < -0.39 is 0 Å². The Bertz CT molecular complexity index is 945. The van der Waals surface area contributed by atoms with Crippen LogP contribution in [-0.4, -0.2) is 22.9 Å². The van der Waals surface area contributed by atoms with E-state index in [2.05, 4.69) is 20.6 Å². The molecule has 1 aromatic heterocycles. The second kappa shape index (κ2) is 8.04. The van der Waals surface area contributed by atoms with Gasteiger partial charge in [0.2, 0.25) is 12.7 Å². The first-order valence-electron chi connectivity index (χ1n) is 9.15. The molecule has 0 saturated carbocycles. The minimum absolute atomic E-state index is 0.152. The zero-order valence-electron chi connectivity index (χ0n) is 15.8. The molecule has 0 spiro atoms. The average molecular weight is 378 g/mol. The van der Waals surface area contributed by atoms with Gasteiger partial charge in [0.05, 0.1) is 6.10 Å². The van der Waals surface area contributed by atoms with Crippen LogP contribution in [0.4, 0.5) is 17.5 Å². The Kier molecular flexibility index (Phi) is 5.14. The Labute approximate surface area is 163 Å². The summed E-state index contributed by atoms with van der Waals surface area (Å²) in [6.07, 6.45) is 1.87. The normalized spacial score (nSPS) is 12.1. The van der Waals surface area contributed by atoms with Crippen molar-refractivity contribution in [2.24, 2.45) is 0 Å². The van der Waals surface area contributed by atoms with Crippen LogP contribution < -0.4 is 24.8 Å². The van der Waals surface area contributed by atoms with Crippen molar-refractivity contribution >= 4 is 17.5 Å². The molecular weight excluding hydrogens is 356 g/mol. The molecule has 0 fully saturated rings. The first-order valence-corrected chi connectivity index (χ1v) is 9.15. The Morgan fingerprint density at radius 3 is 2.68 bits per heavy atom. The third kappa shape index (κ3) is 4.43. The third-order valence-electron chi connectivity index (χ3n) is 4.04. The Morgan fingerprint density at radius 2 is 1.86 bits per heavy atom. The summed E-state index contributed by atoms with van der Waals surface area (Å²) in [5.41, 5.74) is 1.99. The largest absolute Gasteiger partial charge is 0.491 e. The molecule has 2 aromatic carbocycles. The van der Waals surface area contributed by atoms with Crippen molar-refractivity contribution in [3.05, 3.63) is 60.3 Å². The second-order valence-electron chi connectivity index (χ2n) is 6.62. The van der Waals surface area contributed by atoms with Gasteiger partial charge >= 0.3 is 0 Å². The summed E-state index contributed by atoms with van der Waals surface area (Å²) < 4.78 is 16.4. The zero-order chi connectivity index (χ0) is 19.3. The van der Waals surface area contributed by atoms with E-state index in [4.69, 9.17) is 14.2 Å². The molecule has 0 bridgehead atoms. The number of rotatable bonds is 7. The highest BCUT2D eigenvalue weighted by molar-refractivity contribution is 5.58. The molecule has 3 aromatic rings. The molecule has 0 amide bonds. The van der Waals surface area contributed by atoms with E-state index in [1.54, 1.807) is 6.20 Å². The van der Waals surface area contributed by atoms with E-state index in [0.29, 0.717) is 18.3 Å². The molecule has 2 heterocycles. The number of aromatic nitrogens is 2. The number of hydrogen-bond donors (Lipinski definition) is 2.